The molecule has 3 heterocycles. The number of aliphatic hydroxyl groups excluding tert-OH is 1. The number of aromatic nitrogens is 2. The lowest BCUT2D eigenvalue weighted by Crippen LogP contribution is -2.52. The third kappa shape index (κ3) is 3.75. The van der Waals surface area contributed by atoms with Crippen molar-refractivity contribution < 1.29 is 18.7 Å². The number of hydrogen-bond acceptors (Lipinski definition) is 5. The van der Waals surface area contributed by atoms with E-state index in [4.69, 9.17) is 4.84 Å². The highest BCUT2D eigenvalue weighted by Gasteiger charge is 2.38. The van der Waals surface area contributed by atoms with Crippen molar-refractivity contribution in [3.8, 4) is 5.69 Å². The van der Waals surface area contributed by atoms with Gasteiger partial charge in [-0.2, -0.15) is 0 Å². The quantitative estimate of drug-likeness (QED) is 0.671. The summed E-state index contributed by atoms with van der Waals surface area (Å²) in [7, 11) is 0. The largest absolute Gasteiger partial charge is 0.392 e. The van der Waals surface area contributed by atoms with E-state index in [9.17, 15) is 13.9 Å². The summed E-state index contributed by atoms with van der Waals surface area (Å²) < 4.78 is 29.6. The highest BCUT2D eigenvalue weighted by atomic mass is 19.1. The molecule has 1 N–H and O–H groups in total. The van der Waals surface area contributed by atoms with Gasteiger partial charge < -0.3 is 19.4 Å². The molecule has 2 atom stereocenters. The zero-order valence-corrected chi connectivity index (χ0v) is 17.7. The van der Waals surface area contributed by atoms with E-state index < -0.39 is 11.6 Å². The monoisotopic (exact) mass is 438 g/mol. The number of nitrogens with zero attached hydrogens (tertiary/aromatic N) is 4. The predicted octanol–water partition coefficient (Wildman–Crippen LogP) is 3.89. The molecule has 2 unspecified atom stereocenters. The molecule has 2 aliphatic heterocycles. The number of aliphatic hydroxyl groups is 1. The van der Waals surface area contributed by atoms with Crippen molar-refractivity contribution in [3.05, 3.63) is 82.9 Å². The molecule has 1 aromatic heterocycles. The smallest absolute Gasteiger partial charge is 0.175 e. The van der Waals surface area contributed by atoms with Crippen LogP contribution < -0.4 is 0 Å². The Kier molecular flexibility index (Phi) is 5.38. The van der Waals surface area contributed by atoms with Gasteiger partial charge in [0.2, 0.25) is 0 Å². The maximum Gasteiger partial charge on any atom is 0.175 e. The Labute approximate surface area is 184 Å². The molecule has 2 aliphatic rings. The number of piperidine rings is 1. The van der Waals surface area contributed by atoms with Crippen LogP contribution in [0.2, 0.25) is 0 Å². The second kappa shape index (κ2) is 8.35. The lowest BCUT2D eigenvalue weighted by Gasteiger charge is -2.44. The zero-order valence-electron chi connectivity index (χ0n) is 17.7. The minimum absolute atomic E-state index is 0.0649. The van der Waals surface area contributed by atoms with E-state index in [1.54, 1.807) is 6.33 Å². The fraction of sp³-hybridized carbons (Fsp3) is 0.333. The van der Waals surface area contributed by atoms with Crippen molar-refractivity contribution in [1.29, 1.82) is 0 Å². The Balaban J connectivity index is 1.47. The number of fused-ring (bicyclic) bond motifs is 1. The first kappa shape index (κ1) is 20.6. The van der Waals surface area contributed by atoms with E-state index in [0.29, 0.717) is 18.0 Å². The Bertz CT molecular complexity index is 1160. The van der Waals surface area contributed by atoms with Crippen LogP contribution in [0.4, 0.5) is 8.78 Å². The Hall–Kier alpha value is -3.26. The molecule has 166 valence electrons. The standard InChI is InChI=1S/C24H24F2N4O2/c1-15-11-29(14-27-15)22-5-4-16(7-18(22)12-31)24-28-32-13-23-21(3-2-6-30(23)24)17-8-19(25)10-20(26)9-17/h4-5,7-11,14,21,23,31H,2-3,6,12-13H2,1H3. The molecule has 1 saturated heterocycles. The van der Waals surface area contributed by atoms with Crippen LogP contribution in [0.5, 0.6) is 0 Å². The Morgan fingerprint density at radius 2 is 1.97 bits per heavy atom. The lowest BCUT2D eigenvalue weighted by molar-refractivity contribution is 0.0353. The number of imidazole rings is 1. The van der Waals surface area contributed by atoms with Crippen LogP contribution in [0.3, 0.4) is 0 Å². The highest BCUT2D eigenvalue weighted by molar-refractivity contribution is 5.99. The Morgan fingerprint density at radius 1 is 1.16 bits per heavy atom. The number of hydrogen-bond donors (Lipinski definition) is 1. The summed E-state index contributed by atoms with van der Waals surface area (Å²) in [5.41, 5.74) is 3.94. The van der Waals surface area contributed by atoms with E-state index >= 15 is 0 Å². The van der Waals surface area contributed by atoms with Crippen molar-refractivity contribution in [2.45, 2.75) is 38.3 Å². The molecule has 0 saturated carbocycles. The number of rotatable bonds is 4. The van der Waals surface area contributed by atoms with Gasteiger partial charge in [-0.15, -0.1) is 0 Å². The van der Waals surface area contributed by atoms with Gasteiger partial charge in [-0.05, 0) is 55.7 Å². The number of amidine groups is 1. The van der Waals surface area contributed by atoms with Crippen LogP contribution in [0, 0.1) is 18.6 Å². The summed E-state index contributed by atoms with van der Waals surface area (Å²) in [6.45, 7) is 2.90. The van der Waals surface area contributed by atoms with Crippen molar-refractivity contribution in [1.82, 2.24) is 14.5 Å². The van der Waals surface area contributed by atoms with E-state index in [-0.39, 0.29) is 18.6 Å². The van der Waals surface area contributed by atoms with Crippen LogP contribution in [-0.4, -0.2) is 44.6 Å². The molecular formula is C24H24F2N4O2. The van der Waals surface area contributed by atoms with E-state index in [1.807, 2.05) is 35.9 Å². The van der Waals surface area contributed by atoms with Gasteiger partial charge >= 0.3 is 0 Å². The average Bonchev–Trinajstić information content (AvgIpc) is 3.23. The molecule has 0 radical (unpaired) electrons. The summed E-state index contributed by atoms with van der Waals surface area (Å²) in [5.74, 6) is -0.530. The van der Waals surface area contributed by atoms with Gasteiger partial charge in [-0.25, -0.2) is 13.8 Å². The topological polar surface area (TPSA) is 62.9 Å². The molecule has 3 aromatic rings. The summed E-state index contributed by atoms with van der Waals surface area (Å²) in [5, 5.41) is 14.3. The molecule has 5 rings (SSSR count). The molecular weight excluding hydrogens is 414 g/mol. The van der Waals surface area contributed by atoms with Crippen LogP contribution in [-0.2, 0) is 11.4 Å². The third-order valence-electron chi connectivity index (χ3n) is 6.26. The zero-order chi connectivity index (χ0) is 22.2. The van der Waals surface area contributed by atoms with Gasteiger partial charge in [-0.3, -0.25) is 0 Å². The fourth-order valence-corrected chi connectivity index (χ4v) is 4.81. The third-order valence-corrected chi connectivity index (χ3v) is 6.26. The van der Waals surface area contributed by atoms with Crippen LogP contribution in [0.25, 0.3) is 5.69 Å². The van der Waals surface area contributed by atoms with E-state index in [2.05, 4.69) is 15.0 Å². The number of benzene rings is 2. The average molecular weight is 438 g/mol. The van der Waals surface area contributed by atoms with Gasteiger partial charge in [0.05, 0.1) is 30.4 Å². The molecule has 1 fully saturated rings. The maximum atomic E-state index is 13.9. The molecule has 0 spiro atoms. The summed E-state index contributed by atoms with van der Waals surface area (Å²) in [6.07, 6.45) is 5.31. The molecule has 6 nitrogen and oxygen atoms in total. The predicted molar refractivity (Wildman–Crippen MR) is 116 cm³/mol. The van der Waals surface area contributed by atoms with Gasteiger partial charge in [0.15, 0.2) is 5.84 Å². The van der Waals surface area contributed by atoms with E-state index in [0.717, 1.165) is 48.0 Å². The van der Waals surface area contributed by atoms with Crippen LogP contribution in [0.15, 0.2) is 54.1 Å². The first-order chi connectivity index (χ1) is 15.5. The minimum atomic E-state index is -0.569. The maximum absolute atomic E-state index is 13.9. The number of aryl methyl sites for hydroxylation is 1. The fourth-order valence-electron chi connectivity index (χ4n) is 4.81. The van der Waals surface area contributed by atoms with Gasteiger partial charge in [0, 0.05) is 35.9 Å². The molecule has 0 bridgehead atoms. The lowest BCUT2D eigenvalue weighted by atomic mass is 9.83. The molecule has 0 aliphatic carbocycles. The first-order valence-electron chi connectivity index (χ1n) is 10.7. The second-order valence-corrected chi connectivity index (χ2v) is 8.35. The summed E-state index contributed by atoms with van der Waals surface area (Å²) in [4.78, 5) is 12.0. The summed E-state index contributed by atoms with van der Waals surface area (Å²) >= 11 is 0. The SMILES string of the molecule is Cc1cn(-c2ccc(C3=NOCC4C(c5cc(F)cc(F)c5)CCCN34)cc2CO)cn1. The van der Waals surface area contributed by atoms with Gasteiger partial charge in [-0.1, -0.05) is 5.16 Å². The first-order valence-corrected chi connectivity index (χ1v) is 10.7. The van der Waals surface area contributed by atoms with Crippen molar-refractivity contribution in [2.24, 2.45) is 5.16 Å². The van der Waals surface area contributed by atoms with Crippen molar-refractivity contribution >= 4 is 5.84 Å². The normalized spacial score (nSPS) is 20.5. The molecule has 0 amide bonds. The van der Waals surface area contributed by atoms with Crippen molar-refractivity contribution in [3.63, 3.8) is 0 Å². The highest BCUT2D eigenvalue weighted by Crippen LogP contribution is 2.36. The molecule has 8 heteroatoms. The van der Waals surface area contributed by atoms with E-state index in [1.165, 1.54) is 12.1 Å². The molecule has 32 heavy (non-hydrogen) atoms. The second-order valence-electron chi connectivity index (χ2n) is 8.35. The van der Waals surface area contributed by atoms with Crippen molar-refractivity contribution in [2.75, 3.05) is 13.2 Å². The Morgan fingerprint density at radius 3 is 2.69 bits per heavy atom. The van der Waals surface area contributed by atoms with Crippen LogP contribution >= 0.6 is 0 Å². The molecule has 2 aromatic carbocycles. The summed E-state index contributed by atoms with van der Waals surface area (Å²) in [6, 6.07) is 9.42. The number of halogens is 2. The minimum Gasteiger partial charge on any atom is -0.392 e. The van der Waals surface area contributed by atoms with Crippen LogP contribution in [0.1, 0.15) is 41.1 Å². The number of oxime groups is 1. The van der Waals surface area contributed by atoms with Gasteiger partial charge in [0.1, 0.15) is 18.2 Å². The van der Waals surface area contributed by atoms with Gasteiger partial charge in [0.25, 0.3) is 0 Å².